The summed E-state index contributed by atoms with van der Waals surface area (Å²) in [6.45, 7) is 8.02. The van der Waals surface area contributed by atoms with Gasteiger partial charge in [-0.25, -0.2) is 4.98 Å². The van der Waals surface area contributed by atoms with Crippen molar-refractivity contribution in [2.75, 3.05) is 12.4 Å². The molecule has 0 radical (unpaired) electrons. The van der Waals surface area contributed by atoms with Gasteiger partial charge in [-0.2, -0.15) is 0 Å². The zero-order valence-corrected chi connectivity index (χ0v) is 22.7. The number of aromatic amines is 1. The summed E-state index contributed by atoms with van der Waals surface area (Å²) >= 11 is 7.65. The molecular formula is C29H30ClN3O2S. The number of methoxy groups -OCH3 is 1. The smallest absolute Gasteiger partial charge is 0.238 e. The van der Waals surface area contributed by atoms with Crippen molar-refractivity contribution in [2.24, 2.45) is 0 Å². The minimum atomic E-state index is -0.353. The largest absolute Gasteiger partial charge is 0.495 e. The van der Waals surface area contributed by atoms with Crippen molar-refractivity contribution in [3.05, 3.63) is 82.4 Å². The van der Waals surface area contributed by atoms with Crippen molar-refractivity contribution in [3.8, 4) is 28.3 Å². The van der Waals surface area contributed by atoms with Crippen molar-refractivity contribution in [3.63, 3.8) is 0 Å². The number of amides is 1. The molecule has 36 heavy (non-hydrogen) atoms. The Balaban J connectivity index is 1.64. The zero-order chi connectivity index (χ0) is 25.8. The first-order valence-electron chi connectivity index (χ1n) is 11.8. The normalized spacial score (nSPS) is 11.8. The molecule has 0 saturated heterocycles. The van der Waals surface area contributed by atoms with Gasteiger partial charge in [0.25, 0.3) is 0 Å². The van der Waals surface area contributed by atoms with Gasteiger partial charge in [-0.3, -0.25) is 4.79 Å². The Labute approximate surface area is 221 Å². The number of ether oxygens (including phenoxy) is 1. The highest BCUT2D eigenvalue weighted by Gasteiger charge is 2.23. The Hall–Kier alpha value is -3.22. The van der Waals surface area contributed by atoms with E-state index in [-0.39, 0.29) is 11.2 Å². The van der Waals surface area contributed by atoms with E-state index >= 15 is 0 Å². The molecule has 0 aliphatic carbocycles. The van der Waals surface area contributed by atoms with Gasteiger partial charge in [0.15, 0.2) is 5.16 Å². The highest BCUT2D eigenvalue weighted by molar-refractivity contribution is 8.00. The maximum Gasteiger partial charge on any atom is 0.238 e. The van der Waals surface area contributed by atoms with Gasteiger partial charge in [0.1, 0.15) is 5.75 Å². The third kappa shape index (κ3) is 5.77. The van der Waals surface area contributed by atoms with Crippen LogP contribution >= 0.6 is 23.4 Å². The number of nitrogens with zero attached hydrogens (tertiary/aromatic N) is 1. The van der Waals surface area contributed by atoms with Gasteiger partial charge in [-0.1, -0.05) is 89.9 Å². The van der Waals surface area contributed by atoms with Crippen LogP contribution in [0.15, 0.2) is 65.8 Å². The standard InChI is InChI=1S/C29H30ClN3O2S/c1-6-25(28(34)31-23-15-19(4)22(30)16-24(23)35-5)36-29-32-26(20-11-7-17(2)8-12-20)27(33-29)21-13-9-18(3)10-14-21/h7-16,25H,6H2,1-5H3,(H,31,34)(H,32,33). The number of thioether (sulfide) groups is 1. The van der Waals surface area contributed by atoms with Gasteiger partial charge in [0, 0.05) is 22.2 Å². The van der Waals surface area contributed by atoms with Crippen molar-refractivity contribution in [1.82, 2.24) is 9.97 Å². The molecule has 0 fully saturated rings. The van der Waals surface area contributed by atoms with Crippen LogP contribution in [0.2, 0.25) is 5.02 Å². The van der Waals surface area contributed by atoms with E-state index in [2.05, 4.69) is 72.7 Å². The average Bonchev–Trinajstić information content (AvgIpc) is 3.29. The van der Waals surface area contributed by atoms with E-state index in [1.807, 2.05) is 19.9 Å². The number of hydrogen-bond acceptors (Lipinski definition) is 4. The first kappa shape index (κ1) is 25.9. The molecule has 7 heteroatoms. The lowest BCUT2D eigenvalue weighted by atomic mass is 10.0. The van der Waals surface area contributed by atoms with E-state index in [0.717, 1.165) is 28.1 Å². The van der Waals surface area contributed by atoms with E-state index in [4.69, 9.17) is 21.3 Å². The molecule has 2 N–H and O–H groups in total. The van der Waals surface area contributed by atoms with Crippen LogP contribution in [0.25, 0.3) is 22.5 Å². The quantitative estimate of drug-likeness (QED) is 0.233. The molecule has 1 heterocycles. The minimum Gasteiger partial charge on any atom is -0.495 e. The molecule has 186 valence electrons. The lowest BCUT2D eigenvalue weighted by Crippen LogP contribution is -2.25. The van der Waals surface area contributed by atoms with Gasteiger partial charge < -0.3 is 15.0 Å². The van der Waals surface area contributed by atoms with E-state index in [1.54, 1.807) is 13.2 Å². The molecular weight excluding hydrogens is 490 g/mol. The second kappa shape index (κ2) is 11.2. The van der Waals surface area contributed by atoms with Crippen molar-refractivity contribution in [2.45, 2.75) is 44.5 Å². The maximum absolute atomic E-state index is 13.3. The van der Waals surface area contributed by atoms with Gasteiger partial charge in [0.05, 0.1) is 29.4 Å². The lowest BCUT2D eigenvalue weighted by molar-refractivity contribution is -0.115. The maximum atomic E-state index is 13.3. The van der Waals surface area contributed by atoms with Crippen LogP contribution in [0, 0.1) is 20.8 Å². The predicted octanol–water partition coefficient (Wildman–Crippen LogP) is 7.84. The molecule has 1 atom stereocenters. The summed E-state index contributed by atoms with van der Waals surface area (Å²) in [6.07, 6.45) is 0.631. The van der Waals surface area contributed by atoms with Crippen LogP contribution < -0.4 is 10.1 Å². The molecule has 3 aromatic carbocycles. The molecule has 0 aliphatic heterocycles. The van der Waals surface area contributed by atoms with E-state index in [1.165, 1.54) is 22.9 Å². The molecule has 5 nitrogen and oxygen atoms in total. The molecule has 0 aliphatic rings. The molecule has 1 amide bonds. The third-order valence-electron chi connectivity index (χ3n) is 6.00. The number of benzene rings is 3. The molecule has 0 bridgehead atoms. The van der Waals surface area contributed by atoms with Gasteiger partial charge in [0.2, 0.25) is 5.91 Å². The molecule has 1 aromatic heterocycles. The predicted molar refractivity (Wildman–Crippen MR) is 150 cm³/mol. The lowest BCUT2D eigenvalue weighted by Gasteiger charge is -2.16. The minimum absolute atomic E-state index is 0.118. The van der Waals surface area contributed by atoms with Crippen LogP contribution in [-0.4, -0.2) is 28.2 Å². The summed E-state index contributed by atoms with van der Waals surface area (Å²) in [6, 6.07) is 20.2. The Kier molecular flexibility index (Phi) is 8.07. The number of carbonyl (C=O) groups is 1. The van der Waals surface area contributed by atoms with Crippen molar-refractivity contribution < 1.29 is 9.53 Å². The third-order valence-corrected chi connectivity index (χ3v) is 7.66. The Bertz CT molecular complexity index is 1300. The number of halogens is 1. The number of H-pyrrole nitrogens is 1. The van der Waals surface area contributed by atoms with Crippen molar-refractivity contribution >= 4 is 35.0 Å². The number of nitrogens with one attached hydrogen (secondary N) is 2. The number of anilines is 1. The number of imidazole rings is 1. The van der Waals surface area contributed by atoms with Crippen LogP contribution in [0.4, 0.5) is 5.69 Å². The highest BCUT2D eigenvalue weighted by Crippen LogP contribution is 2.36. The average molecular weight is 520 g/mol. The zero-order valence-electron chi connectivity index (χ0n) is 21.1. The number of aryl methyl sites for hydroxylation is 3. The summed E-state index contributed by atoms with van der Waals surface area (Å²) in [5.41, 5.74) is 7.73. The van der Waals surface area contributed by atoms with Crippen LogP contribution in [0.3, 0.4) is 0 Å². The number of rotatable bonds is 8. The fourth-order valence-corrected chi connectivity index (χ4v) is 4.92. The van der Waals surface area contributed by atoms with E-state index in [0.29, 0.717) is 28.0 Å². The number of carbonyl (C=O) groups excluding carboxylic acids is 1. The first-order valence-corrected chi connectivity index (χ1v) is 13.1. The molecule has 4 aromatic rings. The number of aromatic nitrogens is 2. The van der Waals surface area contributed by atoms with E-state index < -0.39 is 0 Å². The van der Waals surface area contributed by atoms with Crippen molar-refractivity contribution in [1.29, 1.82) is 0 Å². The van der Waals surface area contributed by atoms with E-state index in [9.17, 15) is 4.79 Å². The summed E-state index contributed by atoms with van der Waals surface area (Å²) in [5.74, 6) is 0.410. The Morgan fingerprint density at radius 3 is 2.22 bits per heavy atom. The van der Waals surface area contributed by atoms with Gasteiger partial charge in [-0.05, 0) is 38.8 Å². The monoisotopic (exact) mass is 519 g/mol. The van der Waals surface area contributed by atoms with Crippen LogP contribution in [0.1, 0.15) is 30.0 Å². The van der Waals surface area contributed by atoms with Gasteiger partial charge >= 0.3 is 0 Å². The molecule has 0 saturated carbocycles. The highest BCUT2D eigenvalue weighted by atomic mass is 35.5. The molecule has 1 unspecified atom stereocenters. The Morgan fingerprint density at radius 1 is 1.03 bits per heavy atom. The Morgan fingerprint density at radius 2 is 1.64 bits per heavy atom. The van der Waals surface area contributed by atoms with Gasteiger partial charge in [-0.15, -0.1) is 0 Å². The second-order valence-electron chi connectivity index (χ2n) is 8.80. The summed E-state index contributed by atoms with van der Waals surface area (Å²) < 4.78 is 5.42. The fourth-order valence-electron chi connectivity index (χ4n) is 3.86. The second-order valence-corrected chi connectivity index (χ2v) is 10.4. The summed E-state index contributed by atoms with van der Waals surface area (Å²) in [4.78, 5) is 21.7. The molecule has 0 spiro atoms. The van der Waals surface area contributed by atoms with Crippen LogP contribution in [0.5, 0.6) is 5.75 Å². The molecule has 4 rings (SSSR count). The summed E-state index contributed by atoms with van der Waals surface area (Å²) in [7, 11) is 1.56. The SMILES string of the molecule is CCC(Sc1nc(-c2ccc(C)cc2)c(-c2ccc(C)cc2)[nH]1)C(=O)Nc1cc(C)c(Cl)cc1OC. The number of hydrogen-bond donors (Lipinski definition) is 2. The first-order chi connectivity index (χ1) is 17.3. The fraction of sp³-hybridized carbons (Fsp3) is 0.241. The van der Waals surface area contributed by atoms with Crippen LogP contribution in [-0.2, 0) is 4.79 Å². The topological polar surface area (TPSA) is 67.0 Å². The summed E-state index contributed by atoms with van der Waals surface area (Å²) in [5, 5.41) is 3.95.